The SMILES string of the molecule is CC(C)(C)OC(=O)C1COc2ccc(OC3CCCCO3)cc2C1. The van der Waals surface area contributed by atoms with Crippen LogP contribution in [0.2, 0.25) is 0 Å². The Balaban J connectivity index is 1.66. The van der Waals surface area contributed by atoms with E-state index in [2.05, 4.69) is 0 Å². The summed E-state index contributed by atoms with van der Waals surface area (Å²) in [6.45, 7) is 6.73. The van der Waals surface area contributed by atoms with Gasteiger partial charge in [-0.1, -0.05) is 0 Å². The summed E-state index contributed by atoms with van der Waals surface area (Å²) in [5.74, 6) is 1.08. The molecular weight excluding hydrogens is 308 g/mol. The molecule has 0 N–H and O–H groups in total. The number of esters is 1. The number of hydrogen-bond acceptors (Lipinski definition) is 5. The number of hydrogen-bond donors (Lipinski definition) is 0. The van der Waals surface area contributed by atoms with Crippen molar-refractivity contribution < 1.29 is 23.7 Å². The molecule has 0 amide bonds. The first-order chi connectivity index (χ1) is 11.4. The summed E-state index contributed by atoms with van der Waals surface area (Å²) in [6.07, 6.45) is 3.55. The summed E-state index contributed by atoms with van der Waals surface area (Å²) in [6, 6.07) is 5.74. The van der Waals surface area contributed by atoms with Crippen LogP contribution in [0.4, 0.5) is 0 Å². The highest BCUT2D eigenvalue weighted by atomic mass is 16.7. The molecule has 0 aliphatic carbocycles. The van der Waals surface area contributed by atoms with E-state index in [4.69, 9.17) is 18.9 Å². The summed E-state index contributed by atoms with van der Waals surface area (Å²) in [5.41, 5.74) is 0.492. The lowest BCUT2D eigenvalue weighted by molar-refractivity contribution is -0.161. The van der Waals surface area contributed by atoms with Crippen molar-refractivity contribution in [3.8, 4) is 11.5 Å². The van der Waals surface area contributed by atoms with Gasteiger partial charge in [0.25, 0.3) is 0 Å². The van der Waals surface area contributed by atoms with Gasteiger partial charge in [0.2, 0.25) is 0 Å². The van der Waals surface area contributed by atoms with E-state index in [1.165, 1.54) is 0 Å². The Bertz CT molecular complexity index is 584. The van der Waals surface area contributed by atoms with Crippen LogP contribution in [0.1, 0.15) is 45.6 Å². The second-order valence-electron chi connectivity index (χ2n) is 7.43. The number of carbonyl (C=O) groups is 1. The fraction of sp³-hybridized carbons (Fsp3) is 0.632. The third kappa shape index (κ3) is 4.41. The Morgan fingerprint density at radius 1 is 1.25 bits per heavy atom. The molecule has 2 unspecified atom stereocenters. The molecule has 132 valence electrons. The first-order valence-corrected chi connectivity index (χ1v) is 8.67. The molecule has 1 fully saturated rings. The van der Waals surface area contributed by atoms with E-state index in [-0.39, 0.29) is 18.2 Å². The van der Waals surface area contributed by atoms with Crippen LogP contribution in [-0.2, 0) is 20.7 Å². The van der Waals surface area contributed by atoms with Gasteiger partial charge in [0.1, 0.15) is 23.7 Å². The highest BCUT2D eigenvalue weighted by molar-refractivity contribution is 5.74. The van der Waals surface area contributed by atoms with E-state index in [9.17, 15) is 4.79 Å². The van der Waals surface area contributed by atoms with Crippen LogP contribution >= 0.6 is 0 Å². The summed E-state index contributed by atoms with van der Waals surface area (Å²) >= 11 is 0. The summed E-state index contributed by atoms with van der Waals surface area (Å²) in [7, 11) is 0. The van der Waals surface area contributed by atoms with Crippen molar-refractivity contribution in [1.29, 1.82) is 0 Å². The number of carbonyl (C=O) groups excluding carboxylic acids is 1. The zero-order valence-corrected chi connectivity index (χ0v) is 14.7. The largest absolute Gasteiger partial charge is 0.492 e. The van der Waals surface area contributed by atoms with Gasteiger partial charge in [-0.15, -0.1) is 0 Å². The Morgan fingerprint density at radius 2 is 2.08 bits per heavy atom. The Labute approximate surface area is 143 Å². The van der Waals surface area contributed by atoms with Crippen LogP contribution in [-0.4, -0.2) is 31.1 Å². The molecule has 5 heteroatoms. The standard InChI is InChI=1S/C19H26O5/c1-19(2,3)24-18(20)14-10-13-11-15(7-8-16(13)22-12-14)23-17-6-4-5-9-21-17/h7-8,11,14,17H,4-6,9-10,12H2,1-3H3. The quantitative estimate of drug-likeness (QED) is 0.792. The number of ether oxygens (including phenoxy) is 4. The molecule has 0 saturated carbocycles. The van der Waals surface area contributed by atoms with E-state index in [1.807, 2.05) is 39.0 Å². The maximum Gasteiger partial charge on any atom is 0.313 e. The van der Waals surface area contributed by atoms with Crippen LogP contribution in [0.5, 0.6) is 11.5 Å². The van der Waals surface area contributed by atoms with Gasteiger partial charge >= 0.3 is 5.97 Å². The van der Waals surface area contributed by atoms with Crippen molar-refractivity contribution >= 4 is 5.97 Å². The molecule has 0 bridgehead atoms. The first-order valence-electron chi connectivity index (χ1n) is 8.67. The summed E-state index contributed by atoms with van der Waals surface area (Å²) < 4.78 is 22.7. The van der Waals surface area contributed by atoms with Crippen molar-refractivity contribution in [3.05, 3.63) is 23.8 Å². The van der Waals surface area contributed by atoms with Crippen LogP contribution in [0.15, 0.2) is 18.2 Å². The molecule has 0 radical (unpaired) electrons. The van der Waals surface area contributed by atoms with E-state index >= 15 is 0 Å². The van der Waals surface area contributed by atoms with Gasteiger partial charge in [0, 0.05) is 6.42 Å². The van der Waals surface area contributed by atoms with Gasteiger partial charge in [0.05, 0.1) is 12.5 Å². The maximum absolute atomic E-state index is 12.3. The molecule has 1 saturated heterocycles. The van der Waals surface area contributed by atoms with Crippen molar-refractivity contribution in [1.82, 2.24) is 0 Å². The number of rotatable bonds is 3. The van der Waals surface area contributed by atoms with E-state index < -0.39 is 5.60 Å². The second kappa shape index (κ2) is 7.01. The van der Waals surface area contributed by atoms with Gasteiger partial charge in [0.15, 0.2) is 6.29 Å². The normalized spacial score (nSPS) is 23.8. The van der Waals surface area contributed by atoms with E-state index in [0.29, 0.717) is 13.0 Å². The Kier molecular flexibility index (Phi) is 4.99. The zero-order valence-electron chi connectivity index (χ0n) is 14.7. The molecular formula is C19H26O5. The molecule has 1 aromatic rings. The summed E-state index contributed by atoms with van der Waals surface area (Å²) in [4.78, 5) is 12.3. The molecule has 2 aliphatic rings. The third-order valence-electron chi connectivity index (χ3n) is 4.08. The van der Waals surface area contributed by atoms with Crippen LogP contribution in [0, 0.1) is 5.92 Å². The predicted molar refractivity (Wildman–Crippen MR) is 89.2 cm³/mol. The minimum atomic E-state index is -0.485. The van der Waals surface area contributed by atoms with Crippen LogP contribution in [0.3, 0.4) is 0 Å². The molecule has 5 nitrogen and oxygen atoms in total. The average Bonchev–Trinajstić information content (AvgIpc) is 2.53. The molecule has 3 rings (SSSR count). The molecule has 0 aromatic heterocycles. The molecule has 1 aromatic carbocycles. The smallest absolute Gasteiger partial charge is 0.313 e. The highest BCUT2D eigenvalue weighted by Gasteiger charge is 2.30. The lowest BCUT2D eigenvalue weighted by Gasteiger charge is -2.28. The molecule has 0 spiro atoms. The lowest BCUT2D eigenvalue weighted by Crippen LogP contribution is -2.34. The predicted octanol–water partition coefficient (Wildman–Crippen LogP) is 3.48. The van der Waals surface area contributed by atoms with E-state index in [1.54, 1.807) is 0 Å². The highest BCUT2D eigenvalue weighted by Crippen LogP contribution is 2.32. The average molecular weight is 334 g/mol. The number of fused-ring (bicyclic) bond motifs is 1. The Hall–Kier alpha value is -1.75. The minimum Gasteiger partial charge on any atom is -0.492 e. The molecule has 2 heterocycles. The van der Waals surface area contributed by atoms with Crippen molar-refractivity contribution in [2.24, 2.45) is 5.92 Å². The lowest BCUT2D eigenvalue weighted by atomic mass is 9.96. The Morgan fingerprint density at radius 3 is 2.79 bits per heavy atom. The third-order valence-corrected chi connectivity index (χ3v) is 4.08. The number of benzene rings is 1. The van der Waals surface area contributed by atoms with E-state index in [0.717, 1.165) is 42.9 Å². The van der Waals surface area contributed by atoms with Gasteiger partial charge < -0.3 is 18.9 Å². The maximum atomic E-state index is 12.3. The first kappa shape index (κ1) is 17.1. The van der Waals surface area contributed by atoms with Gasteiger partial charge in [-0.05, 0) is 63.8 Å². The topological polar surface area (TPSA) is 54.0 Å². The van der Waals surface area contributed by atoms with Crippen LogP contribution in [0.25, 0.3) is 0 Å². The monoisotopic (exact) mass is 334 g/mol. The molecule has 2 aliphatic heterocycles. The van der Waals surface area contributed by atoms with Gasteiger partial charge in [-0.2, -0.15) is 0 Å². The fourth-order valence-corrected chi connectivity index (χ4v) is 2.94. The summed E-state index contributed by atoms with van der Waals surface area (Å²) in [5, 5.41) is 0. The molecule has 2 atom stereocenters. The van der Waals surface area contributed by atoms with Crippen molar-refractivity contribution in [2.45, 2.75) is 58.3 Å². The van der Waals surface area contributed by atoms with Crippen LogP contribution < -0.4 is 9.47 Å². The van der Waals surface area contributed by atoms with Gasteiger partial charge in [-0.3, -0.25) is 4.79 Å². The second-order valence-corrected chi connectivity index (χ2v) is 7.43. The molecule has 24 heavy (non-hydrogen) atoms. The van der Waals surface area contributed by atoms with Crippen molar-refractivity contribution in [2.75, 3.05) is 13.2 Å². The van der Waals surface area contributed by atoms with Crippen molar-refractivity contribution in [3.63, 3.8) is 0 Å². The fourth-order valence-electron chi connectivity index (χ4n) is 2.94. The zero-order chi connectivity index (χ0) is 17.2. The van der Waals surface area contributed by atoms with Gasteiger partial charge in [-0.25, -0.2) is 0 Å². The minimum absolute atomic E-state index is 0.178.